The molecule has 3 aliphatic rings. The summed E-state index contributed by atoms with van der Waals surface area (Å²) in [6.45, 7) is 3.11. The Morgan fingerprint density at radius 2 is 1.07 bits per heavy atom. The van der Waals surface area contributed by atoms with Gasteiger partial charge < -0.3 is 18.8 Å². The summed E-state index contributed by atoms with van der Waals surface area (Å²) in [6.07, 6.45) is 3.74. The van der Waals surface area contributed by atoms with E-state index in [-0.39, 0.29) is 11.2 Å². The molecule has 0 aromatic rings. The molecule has 2 spiro atoms. The first-order valence-corrected chi connectivity index (χ1v) is 5.70. The summed E-state index contributed by atoms with van der Waals surface area (Å²) in [4.78, 5) is 0. The van der Waals surface area contributed by atoms with Crippen molar-refractivity contribution in [2.24, 2.45) is 0 Å². The summed E-state index contributed by atoms with van der Waals surface area (Å²) in [5.41, 5.74) is -0.288. The van der Waals surface area contributed by atoms with Gasteiger partial charge in [0.15, 0.2) is 0 Å². The fraction of sp³-hybridized carbons (Fsp3) is 1.00. The van der Waals surface area contributed by atoms with E-state index in [2.05, 4.69) is 0 Å². The molecule has 3 saturated heterocycles. The lowest BCUT2D eigenvalue weighted by atomic mass is 9.73. The average molecular weight is 211 g/mol. The number of hydrogen-bond donors (Lipinski definition) is 0. The largest absolute Gasteiger partial charge is 0.489 e. The zero-order valence-corrected chi connectivity index (χ0v) is 8.87. The van der Waals surface area contributed by atoms with Gasteiger partial charge in [0.2, 0.25) is 0 Å². The summed E-state index contributed by atoms with van der Waals surface area (Å²) in [5.74, 6) is 0. The summed E-state index contributed by atoms with van der Waals surface area (Å²) in [6, 6.07) is 0. The van der Waals surface area contributed by atoms with Crippen molar-refractivity contribution in [3.05, 3.63) is 0 Å². The Balaban J connectivity index is 1.85. The maximum Gasteiger partial charge on any atom is 0.489 e. The van der Waals surface area contributed by atoms with Crippen molar-refractivity contribution < 1.29 is 18.8 Å². The van der Waals surface area contributed by atoms with Crippen LogP contribution < -0.4 is 0 Å². The predicted octanol–water partition coefficient (Wildman–Crippen LogP) is 0.666. The summed E-state index contributed by atoms with van der Waals surface area (Å²) in [7, 11) is 1.54. The maximum atomic E-state index is 5.79. The van der Waals surface area contributed by atoms with Crippen molar-refractivity contribution in [3.8, 4) is 0 Å². The van der Waals surface area contributed by atoms with Gasteiger partial charge in [0.05, 0.1) is 11.2 Å². The minimum Gasteiger partial charge on any atom is -0.405 e. The third-order valence-corrected chi connectivity index (χ3v) is 3.98. The number of ether oxygens (including phenoxy) is 2. The van der Waals surface area contributed by atoms with Gasteiger partial charge >= 0.3 is 7.69 Å². The Morgan fingerprint density at radius 3 is 1.47 bits per heavy atom. The van der Waals surface area contributed by atoms with Gasteiger partial charge in [-0.25, -0.2) is 0 Å². The highest BCUT2D eigenvalue weighted by atomic mass is 16.7. The first-order chi connectivity index (χ1) is 7.37. The van der Waals surface area contributed by atoms with Crippen molar-refractivity contribution in [2.75, 3.05) is 26.4 Å². The second-order valence-corrected chi connectivity index (χ2v) is 4.55. The number of hydrogen-bond acceptors (Lipinski definition) is 4. The lowest BCUT2D eigenvalue weighted by molar-refractivity contribution is -0.147. The van der Waals surface area contributed by atoms with Crippen LogP contribution in [0.1, 0.15) is 25.7 Å². The molecule has 3 fully saturated rings. The average Bonchev–Trinajstić information content (AvgIpc) is 2.60. The van der Waals surface area contributed by atoms with Crippen LogP contribution in [0.25, 0.3) is 0 Å². The van der Waals surface area contributed by atoms with Crippen molar-refractivity contribution >= 4 is 7.69 Å². The molecule has 0 amide bonds. The molecule has 0 aliphatic carbocycles. The highest BCUT2D eigenvalue weighted by Crippen LogP contribution is 2.47. The third-order valence-electron chi connectivity index (χ3n) is 3.98. The molecule has 0 saturated carbocycles. The predicted molar refractivity (Wildman–Crippen MR) is 53.5 cm³/mol. The molecule has 1 radical (unpaired) electrons. The molecule has 3 heterocycles. The smallest absolute Gasteiger partial charge is 0.405 e. The van der Waals surface area contributed by atoms with Crippen LogP contribution in [0, 0.1) is 0 Å². The summed E-state index contributed by atoms with van der Waals surface area (Å²) >= 11 is 0. The van der Waals surface area contributed by atoms with Gasteiger partial charge in [-0.3, -0.25) is 0 Å². The second-order valence-electron chi connectivity index (χ2n) is 4.55. The van der Waals surface area contributed by atoms with E-state index in [1.165, 1.54) is 7.69 Å². The minimum absolute atomic E-state index is 0.144. The maximum absolute atomic E-state index is 5.79. The SMILES string of the molecule is [B]1OC2(CCOCC2)C2(CCOCC2)O1. The molecule has 0 aromatic carbocycles. The van der Waals surface area contributed by atoms with Crippen LogP contribution in [0.2, 0.25) is 0 Å². The monoisotopic (exact) mass is 211 g/mol. The lowest BCUT2D eigenvalue weighted by Crippen LogP contribution is -2.57. The van der Waals surface area contributed by atoms with E-state index in [1.807, 2.05) is 0 Å². The zero-order chi connectivity index (χ0) is 10.2. The zero-order valence-electron chi connectivity index (χ0n) is 8.87. The van der Waals surface area contributed by atoms with E-state index in [4.69, 9.17) is 18.8 Å². The standard InChI is InChI=1S/C10H16BO4/c1-5-12-6-2-9(1)10(15-11-14-9)3-7-13-8-4-10/h1-8H2. The highest BCUT2D eigenvalue weighted by molar-refractivity contribution is 6.19. The van der Waals surface area contributed by atoms with E-state index >= 15 is 0 Å². The first-order valence-electron chi connectivity index (χ1n) is 5.70. The Hall–Kier alpha value is -0.0951. The van der Waals surface area contributed by atoms with Crippen LogP contribution in [-0.2, 0) is 18.8 Å². The van der Waals surface area contributed by atoms with E-state index in [0.29, 0.717) is 0 Å². The highest BCUT2D eigenvalue weighted by Gasteiger charge is 2.58. The van der Waals surface area contributed by atoms with Gasteiger partial charge in [0, 0.05) is 52.1 Å². The quantitative estimate of drug-likeness (QED) is 0.551. The lowest BCUT2D eigenvalue weighted by Gasteiger charge is -2.48. The van der Waals surface area contributed by atoms with Gasteiger partial charge in [0.1, 0.15) is 0 Å². The Bertz CT molecular complexity index is 210. The molecular weight excluding hydrogens is 195 g/mol. The topological polar surface area (TPSA) is 36.9 Å². The van der Waals surface area contributed by atoms with Gasteiger partial charge in [-0.2, -0.15) is 0 Å². The molecule has 3 rings (SSSR count). The van der Waals surface area contributed by atoms with Gasteiger partial charge in [-0.05, 0) is 0 Å². The molecule has 0 atom stereocenters. The normalized spacial score (nSPS) is 33.1. The van der Waals surface area contributed by atoms with Crippen LogP contribution in [0.4, 0.5) is 0 Å². The van der Waals surface area contributed by atoms with E-state index in [0.717, 1.165) is 52.1 Å². The van der Waals surface area contributed by atoms with Crippen molar-refractivity contribution in [1.29, 1.82) is 0 Å². The molecule has 0 N–H and O–H groups in total. The Kier molecular flexibility index (Phi) is 2.51. The first kappa shape index (κ1) is 10.1. The van der Waals surface area contributed by atoms with Crippen molar-refractivity contribution in [1.82, 2.24) is 0 Å². The fourth-order valence-electron chi connectivity index (χ4n) is 2.97. The molecule has 0 aromatic heterocycles. The van der Waals surface area contributed by atoms with Crippen LogP contribution in [0.3, 0.4) is 0 Å². The molecular formula is C10H16BO4. The van der Waals surface area contributed by atoms with Crippen LogP contribution in [-0.4, -0.2) is 45.3 Å². The summed E-state index contributed by atoms with van der Waals surface area (Å²) < 4.78 is 22.4. The molecule has 4 nitrogen and oxygen atoms in total. The minimum atomic E-state index is -0.144. The summed E-state index contributed by atoms with van der Waals surface area (Å²) in [5, 5.41) is 0. The van der Waals surface area contributed by atoms with E-state index in [1.54, 1.807) is 0 Å². The molecule has 83 valence electrons. The molecule has 0 bridgehead atoms. The van der Waals surface area contributed by atoms with Gasteiger partial charge in [-0.15, -0.1) is 0 Å². The number of rotatable bonds is 0. The van der Waals surface area contributed by atoms with E-state index in [9.17, 15) is 0 Å². The molecule has 5 heteroatoms. The Labute approximate surface area is 90.5 Å². The van der Waals surface area contributed by atoms with Crippen LogP contribution in [0.15, 0.2) is 0 Å². The fourth-order valence-corrected chi connectivity index (χ4v) is 2.97. The second kappa shape index (κ2) is 3.73. The van der Waals surface area contributed by atoms with E-state index < -0.39 is 0 Å². The molecule has 3 aliphatic heterocycles. The number of fused-ring (bicyclic) bond motifs is 1. The van der Waals surface area contributed by atoms with Gasteiger partial charge in [-0.1, -0.05) is 0 Å². The van der Waals surface area contributed by atoms with Gasteiger partial charge in [0.25, 0.3) is 0 Å². The van der Waals surface area contributed by atoms with Crippen molar-refractivity contribution in [3.63, 3.8) is 0 Å². The molecule has 0 unspecified atom stereocenters. The molecule has 15 heavy (non-hydrogen) atoms. The van der Waals surface area contributed by atoms with Crippen LogP contribution >= 0.6 is 0 Å². The Morgan fingerprint density at radius 1 is 0.667 bits per heavy atom. The third kappa shape index (κ3) is 1.45. The van der Waals surface area contributed by atoms with Crippen molar-refractivity contribution in [2.45, 2.75) is 36.9 Å². The van der Waals surface area contributed by atoms with Crippen LogP contribution in [0.5, 0.6) is 0 Å².